The van der Waals surface area contributed by atoms with Gasteiger partial charge in [-0.1, -0.05) is 5.16 Å². The highest BCUT2D eigenvalue weighted by Gasteiger charge is 2.34. The van der Waals surface area contributed by atoms with Gasteiger partial charge in [0.1, 0.15) is 24.1 Å². The van der Waals surface area contributed by atoms with E-state index in [0.29, 0.717) is 31.6 Å². The minimum atomic E-state index is -0.843. The van der Waals surface area contributed by atoms with Crippen molar-refractivity contribution in [1.82, 2.24) is 0 Å². The number of carbonyl (C=O) groups is 3. The molecule has 19 heavy (non-hydrogen) atoms. The monoisotopic (exact) mass is 269 g/mol. The summed E-state index contributed by atoms with van der Waals surface area (Å²) in [5, 5.41) is 3.86. The number of nitrogens with zero attached hydrogens (tertiary/aromatic N) is 1. The predicted molar refractivity (Wildman–Crippen MR) is 67.7 cm³/mol. The summed E-state index contributed by atoms with van der Waals surface area (Å²) in [6.07, 6.45) is 1.63. The minimum absolute atomic E-state index is 0.00573. The maximum Gasteiger partial charge on any atom is 0.305 e. The summed E-state index contributed by atoms with van der Waals surface area (Å²) in [5.41, 5.74) is 0.480. The highest BCUT2D eigenvalue weighted by molar-refractivity contribution is 6.22. The highest BCUT2D eigenvalue weighted by atomic mass is 16.6. The van der Waals surface area contributed by atoms with Crippen molar-refractivity contribution in [3.63, 3.8) is 0 Å². The second-order valence-electron chi connectivity index (χ2n) is 4.30. The van der Waals surface area contributed by atoms with Crippen molar-refractivity contribution in [3.05, 3.63) is 0 Å². The number of hydrogen-bond donors (Lipinski definition) is 0. The summed E-state index contributed by atoms with van der Waals surface area (Å²) in [5.74, 6) is -1.72. The van der Waals surface area contributed by atoms with E-state index >= 15 is 0 Å². The van der Waals surface area contributed by atoms with Crippen LogP contribution < -0.4 is 0 Å². The lowest BCUT2D eigenvalue weighted by molar-refractivity contribution is -0.142. The second-order valence-corrected chi connectivity index (χ2v) is 4.30. The molecule has 0 aromatic rings. The van der Waals surface area contributed by atoms with Gasteiger partial charge in [0.25, 0.3) is 0 Å². The van der Waals surface area contributed by atoms with Crippen molar-refractivity contribution in [1.29, 1.82) is 0 Å². The first-order valence-corrected chi connectivity index (χ1v) is 6.41. The number of methoxy groups -OCH3 is 1. The van der Waals surface area contributed by atoms with Gasteiger partial charge >= 0.3 is 5.97 Å². The molecule has 0 N–H and O–H groups in total. The summed E-state index contributed by atoms with van der Waals surface area (Å²) in [6, 6.07) is 0. The van der Waals surface area contributed by atoms with Gasteiger partial charge in [0.15, 0.2) is 0 Å². The van der Waals surface area contributed by atoms with Crippen molar-refractivity contribution in [3.8, 4) is 0 Å². The molecule has 0 spiro atoms. The summed E-state index contributed by atoms with van der Waals surface area (Å²) < 4.78 is 4.48. The number of carbonyl (C=O) groups excluding carboxylic acids is 3. The summed E-state index contributed by atoms with van der Waals surface area (Å²) in [4.78, 5) is 39.8. The largest absolute Gasteiger partial charge is 0.469 e. The first-order valence-electron chi connectivity index (χ1n) is 6.41. The van der Waals surface area contributed by atoms with Crippen LogP contribution >= 0.6 is 0 Å². The Labute approximate surface area is 112 Å². The molecule has 1 rings (SSSR count). The fraction of sp³-hybridized carbons (Fsp3) is 0.692. The lowest BCUT2D eigenvalue weighted by Gasteiger charge is -2.21. The Balaban J connectivity index is 2.70. The number of Topliss-reactive ketones (excluding diaryl/α,β-unsaturated/α-hetero) is 2. The topological polar surface area (TPSA) is 82.0 Å². The molecule has 0 aromatic heterocycles. The number of hydrogen-bond acceptors (Lipinski definition) is 6. The average Bonchev–Trinajstić information content (AvgIpc) is 2.42. The van der Waals surface area contributed by atoms with Crippen molar-refractivity contribution in [2.45, 2.75) is 39.0 Å². The Bertz CT molecular complexity index is 388. The minimum Gasteiger partial charge on any atom is -0.469 e. The third-order valence-corrected chi connectivity index (χ3v) is 2.95. The normalized spacial score (nSPS) is 21.3. The molecule has 0 heterocycles. The lowest BCUT2D eigenvalue weighted by Crippen LogP contribution is -2.35. The molecule has 6 nitrogen and oxygen atoms in total. The van der Waals surface area contributed by atoms with Gasteiger partial charge in [-0.2, -0.15) is 0 Å². The Hall–Kier alpha value is -1.72. The zero-order chi connectivity index (χ0) is 14.3. The first-order chi connectivity index (χ1) is 9.10. The molecule has 1 unspecified atom stereocenters. The van der Waals surface area contributed by atoms with Gasteiger partial charge in [-0.25, -0.2) is 0 Å². The number of esters is 1. The fourth-order valence-electron chi connectivity index (χ4n) is 2.00. The lowest BCUT2D eigenvalue weighted by atomic mass is 9.82. The molecule has 1 fully saturated rings. The van der Waals surface area contributed by atoms with Crippen LogP contribution in [-0.2, 0) is 24.0 Å². The number of ether oxygens (including phenoxy) is 1. The van der Waals surface area contributed by atoms with Gasteiger partial charge in [0, 0.05) is 12.8 Å². The van der Waals surface area contributed by atoms with Crippen LogP contribution in [0.3, 0.4) is 0 Å². The van der Waals surface area contributed by atoms with E-state index in [0.717, 1.165) is 0 Å². The molecule has 0 bridgehead atoms. The van der Waals surface area contributed by atoms with E-state index in [2.05, 4.69) is 9.89 Å². The van der Waals surface area contributed by atoms with E-state index in [1.807, 2.05) is 0 Å². The molecule has 0 amide bonds. The zero-order valence-corrected chi connectivity index (χ0v) is 11.3. The molecule has 0 radical (unpaired) electrons. The smallest absolute Gasteiger partial charge is 0.305 e. The van der Waals surface area contributed by atoms with Gasteiger partial charge in [-0.15, -0.1) is 0 Å². The quantitative estimate of drug-likeness (QED) is 0.412. The van der Waals surface area contributed by atoms with Crippen LogP contribution in [0.2, 0.25) is 0 Å². The second kappa shape index (κ2) is 7.66. The van der Waals surface area contributed by atoms with Crippen LogP contribution in [0.5, 0.6) is 0 Å². The summed E-state index contributed by atoms with van der Waals surface area (Å²) in [7, 11) is 1.26. The summed E-state index contributed by atoms with van der Waals surface area (Å²) in [6.45, 7) is 2.17. The molecule has 0 saturated heterocycles. The van der Waals surface area contributed by atoms with Crippen LogP contribution in [0.15, 0.2) is 5.16 Å². The van der Waals surface area contributed by atoms with E-state index in [4.69, 9.17) is 4.84 Å². The number of ketones is 2. The van der Waals surface area contributed by atoms with E-state index < -0.39 is 11.9 Å². The standard InChI is InChI=1S/C13H19NO5/c1-3-19-14-9-5-4-6-10(15)13(9)11(16)7-8-12(17)18-2/h13H,3-8H2,1-2H3. The van der Waals surface area contributed by atoms with Gasteiger partial charge in [0.2, 0.25) is 0 Å². The Morgan fingerprint density at radius 3 is 2.68 bits per heavy atom. The predicted octanol–water partition coefficient (Wildman–Crippen LogP) is 1.27. The molecular weight excluding hydrogens is 250 g/mol. The maximum atomic E-state index is 12.0. The number of oxime groups is 1. The third-order valence-electron chi connectivity index (χ3n) is 2.95. The van der Waals surface area contributed by atoms with E-state index in [1.54, 1.807) is 6.92 Å². The van der Waals surface area contributed by atoms with Gasteiger partial charge < -0.3 is 9.57 Å². The summed E-state index contributed by atoms with van der Waals surface area (Å²) >= 11 is 0. The van der Waals surface area contributed by atoms with Crippen LogP contribution in [0.1, 0.15) is 39.0 Å². The average molecular weight is 269 g/mol. The fourth-order valence-corrected chi connectivity index (χ4v) is 2.00. The number of rotatable bonds is 6. The molecule has 1 aliphatic carbocycles. The Morgan fingerprint density at radius 2 is 2.05 bits per heavy atom. The SMILES string of the molecule is CCON=C1CCCC(=O)C1C(=O)CCC(=O)OC. The van der Waals surface area contributed by atoms with Crippen molar-refractivity contribution < 1.29 is 24.0 Å². The molecule has 6 heteroatoms. The highest BCUT2D eigenvalue weighted by Crippen LogP contribution is 2.21. The van der Waals surface area contributed by atoms with Crippen LogP contribution in [0.25, 0.3) is 0 Å². The molecule has 1 saturated carbocycles. The molecule has 106 valence electrons. The third kappa shape index (κ3) is 4.46. The van der Waals surface area contributed by atoms with Gasteiger partial charge in [-0.3, -0.25) is 14.4 Å². The van der Waals surface area contributed by atoms with Crippen molar-refractivity contribution in [2.75, 3.05) is 13.7 Å². The molecule has 0 aromatic carbocycles. The molecular formula is C13H19NO5. The Morgan fingerprint density at radius 1 is 1.32 bits per heavy atom. The van der Waals surface area contributed by atoms with E-state index in [-0.39, 0.29) is 24.4 Å². The first kappa shape index (κ1) is 15.3. The Kier molecular flexibility index (Phi) is 6.18. The van der Waals surface area contributed by atoms with Gasteiger partial charge in [0.05, 0.1) is 19.2 Å². The van der Waals surface area contributed by atoms with Crippen LogP contribution in [0.4, 0.5) is 0 Å². The van der Waals surface area contributed by atoms with Gasteiger partial charge in [-0.05, 0) is 19.8 Å². The van der Waals surface area contributed by atoms with Crippen LogP contribution in [0, 0.1) is 5.92 Å². The van der Waals surface area contributed by atoms with Crippen molar-refractivity contribution >= 4 is 23.2 Å². The van der Waals surface area contributed by atoms with E-state index in [1.165, 1.54) is 7.11 Å². The maximum absolute atomic E-state index is 12.0. The van der Waals surface area contributed by atoms with Crippen LogP contribution in [-0.4, -0.2) is 37.0 Å². The zero-order valence-electron chi connectivity index (χ0n) is 11.3. The van der Waals surface area contributed by atoms with Crippen molar-refractivity contribution in [2.24, 2.45) is 11.1 Å². The molecule has 1 atom stereocenters. The molecule has 1 aliphatic rings. The van der Waals surface area contributed by atoms with E-state index in [9.17, 15) is 14.4 Å². The molecule has 0 aliphatic heterocycles.